The first-order chi connectivity index (χ1) is 43.0. The number of benzene rings is 6. The Labute approximate surface area is 581 Å². The topological polar surface area (TPSA) is 311 Å². The van der Waals surface area contributed by atoms with Gasteiger partial charge in [-0.05, 0) is 88.0 Å². The van der Waals surface area contributed by atoms with Crippen LogP contribution in [-0.4, -0.2) is 126 Å². The molecule has 3 atom stereocenters. The minimum Gasteiger partial charge on any atom is -1.00 e. The molecule has 3 aromatic heterocycles. The van der Waals surface area contributed by atoms with Crippen molar-refractivity contribution in [2.75, 3.05) is 54.0 Å². The number of nitrogens with two attached hydrogens (primary N) is 2. The summed E-state index contributed by atoms with van der Waals surface area (Å²) in [6.45, 7) is 4.47. The number of amides is 2. The third-order valence-electron chi connectivity index (χ3n) is 15.1. The molecule has 8 N–H and O–H groups in total. The summed E-state index contributed by atoms with van der Waals surface area (Å²) in [5.41, 5.74) is 23.2. The van der Waals surface area contributed by atoms with E-state index in [4.69, 9.17) is 41.5 Å². The summed E-state index contributed by atoms with van der Waals surface area (Å²) in [5.74, 6) is 0.421. The maximum Gasteiger partial charge on any atom is 1.00 e. The molecule has 6 aromatic carbocycles. The Hall–Kier alpha value is -8.76. The van der Waals surface area contributed by atoms with Gasteiger partial charge in [0.1, 0.15) is 24.4 Å². The Morgan fingerprint density at radius 2 is 0.859 bits per heavy atom. The number of aromatic nitrogens is 3. The zero-order valence-corrected chi connectivity index (χ0v) is 55.0. The number of hydrogen-bond donors (Lipinski definition) is 5. The van der Waals surface area contributed by atoms with Gasteiger partial charge in [-0.25, -0.2) is 15.0 Å². The molecular weight excluding hydrogens is 1190 g/mol. The molecule has 23 heteroatoms. The average molecular weight is 1260 g/mol. The molecule has 3 aliphatic heterocycles. The van der Waals surface area contributed by atoms with Crippen molar-refractivity contribution in [2.45, 2.75) is 44.2 Å². The monoisotopic (exact) mass is 1250 g/mol. The number of rotatable bonds is 17. The van der Waals surface area contributed by atoms with Gasteiger partial charge in [-0.15, -0.1) is 0 Å². The van der Waals surface area contributed by atoms with E-state index in [2.05, 4.69) is 53.9 Å². The molecule has 3 aliphatic rings. The third-order valence-corrected chi connectivity index (χ3v) is 15.1. The molecule has 20 nitrogen and oxygen atoms in total. The van der Waals surface area contributed by atoms with E-state index in [1.807, 2.05) is 127 Å². The summed E-state index contributed by atoms with van der Waals surface area (Å²) in [4.78, 5) is 64.7. The predicted octanol–water partition coefficient (Wildman–Crippen LogP) is 3.99. The van der Waals surface area contributed by atoms with Gasteiger partial charge in [0.2, 0.25) is 29.5 Å². The Balaban J connectivity index is 0.000000286. The second-order valence-electron chi connectivity index (χ2n) is 20.8. The van der Waals surface area contributed by atoms with Gasteiger partial charge in [0.05, 0.1) is 42.9 Å². The van der Waals surface area contributed by atoms with E-state index < -0.39 is 11.8 Å². The van der Waals surface area contributed by atoms with Crippen LogP contribution in [-0.2, 0) is 6.61 Å². The third kappa shape index (κ3) is 19.6. The van der Waals surface area contributed by atoms with Crippen molar-refractivity contribution in [3.05, 3.63) is 234 Å². The zero-order chi connectivity index (χ0) is 61.8. The number of ether oxygens (including phenoxy) is 3. The first-order valence-corrected chi connectivity index (χ1v) is 28.5. The molecule has 12 rings (SSSR count). The second kappa shape index (κ2) is 36.9. The van der Waals surface area contributed by atoms with Crippen LogP contribution in [0.15, 0.2) is 201 Å². The molecule has 3 fully saturated rings. The van der Waals surface area contributed by atoms with Gasteiger partial charge in [0.15, 0.2) is 12.6 Å². The van der Waals surface area contributed by atoms with Crippen LogP contribution < -0.4 is 99.5 Å². The van der Waals surface area contributed by atoms with Crippen molar-refractivity contribution in [3.63, 3.8) is 0 Å². The minimum atomic E-state index is -0.517. The Morgan fingerprint density at radius 3 is 1.17 bits per heavy atom. The summed E-state index contributed by atoms with van der Waals surface area (Å²) in [7, 11) is 0. The molecule has 3 radical (unpaired) electrons. The summed E-state index contributed by atoms with van der Waals surface area (Å²) < 4.78 is 17.8. The fraction of sp³-hybridized carbons (Fsp3) is 0.188. The number of aliphatic hydroxyl groups is 1. The Kier molecular flexibility index (Phi) is 29.7. The first kappa shape index (κ1) is 74.0. The first-order valence-electron chi connectivity index (χ1n) is 28.5. The van der Waals surface area contributed by atoms with Gasteiger partial charge >= 0.3 is 59.1 Å². The number of carbonyl (C=O) groups excluding carboxylic acids is 4. The van der Waals surface area contributed by atoms with E-state index in [0.717, 1.165) is 107 Å². The van der Waals surface area contributed by atoms with Gasteiger partial charge in [-0.2, -0.15) is 5.26 Å². The van der Waals surface area contributed by atoms with E-state index in [1.54, 1.807) is 36.4 Å². The summed E-state index contributed by atoms with van der Waals surface area (Å²) in [6.07, 6.45) is 8.62. The minimum absolute atomic E-state index is 0. The van der Waals surface area contributed by atoms with Crippen molar-refractivity contribution < 1.29 is 115 Å². The van der Waals surface area contributed by atoms with Crippen molar-refractivity contribution in [1.82, 2.24) is 15.0 Å². The van der Waals surface area contributed by atoms with Gasteiger partial charge in [0.25, 0.3) is 0 Å². The van der Waals surface area contributed by atoms with Crippen molar-refractivity contribution in [1.29, 1.82) is 5.26 Å². The van der Waals surface area contributed by atoms with E-state index in [1.165, 1.54) is 18.6 Å². The average Bonchev–Trinajstić information content (AvgIpc) is 2.21. The molecule has 6 heterocycles. The molecule has 0 aliphatic carbocycles. The van der Waals surface area contributed by atoms with E-state index >= 15 is 0 Å². The number of nitrogens with zero attached hydrogens (tertiary/aromatic N) is 7. The van der Waals surface area contributed by atoms with Crippen LogP contribution in [0, 0.1) is 11.3 Å². The fourth-order valence-corrected chi connectivity index (χ4v) is 10.7. The number of aliphatic hydroxyl groups excluding tert-OH is 1. The van der Waals surface area contributed by atoms with Crippen LogP contribution in [0.1, 0.15) is 73.2 Å². The van der Waals surface area contributed by atoms with Crippen molar-refractivity contribution >= 4 is 49.9 Å². The van der Waals surface area contributed by atoms with Crippen LogP contribution in [0.5, 0.6) is 17.6 Å². The SMILES string of the molecule is N#Cc1ccc(O[C@H]2CCN(c3ccc(-c4ccccc4)cc3C=O)C2)nc1.NC(=O)c1ccc(O[C@H]2CCN(c3ccc(-c4ccccc4)cc3C=O)C2)nc1.NC(=O)c1ccc(O[C@H]2CCN(c3ccc(-c4ccccc4)cc3CO)C2)nc1.OO.[B].[H-].[Na+].[Na+].[OH-]. The van der Waals surface area contributed by atoms with E-state index in [-0.39, 0.29) is 99.3 Å². The van der Waals surface area contributed by atoms with Crippen LogP contribution in [0.2, 0.25) is 0 Å². The second-order valence-corrected chi connectivity index (χ2v) is 20.8. The molecule has 92 heavy (non-hydrogen) atoms. The number of primary amides is 2. The van der Waals surface area contributed by atoms with Gasteiger partial charge < -0.3 is 52.4 Å². The summed E-state index contributed by atoms with van der Waals surface area (Å²) in [6, 6.07) is 60.3. The summed E-state index contributed by atoms with van der Waals surface area (Å²) in [5, 5.41) is 30.8. The Morgan fingerprint density at radius 1 is 0.511 bits per heavy atom. The van der Waals surface area contributed by atoms with Gasteiger partial charge in [-0.1, -0.05) is 109 Å². The molecule has 0 saturated carbocycles. The molecule has 9 aromatic rings. The Bertz CT molecular complexity index is 3850. The van der Waals surface area contributed by atoms with Gasteiger partial charge in [-0.3, -0.25) is 29.7 Å². The molecule has 0 spiro atoms. The number of anilines is 3. The molecule has 3 saturated heterocycles. The van der Waals surface area contributed by atoms with Gasteiger partial charge in [0, 0.05) is 118 Å². The molecular formula is C69H67BN9Na2O11. The van der Waals surface area contributed by atoms with E-state index in [0.29, 0.717) is 65.1 Å². The predicted molar refractivity (Wildman–Crippen MR) is 345 cm³/mol. The maximum absolute atomic E-state index is 11.7. The maximum atomic E-state index is 11.7. The number of pyridine rings is 3. The summed E-state index contributed by atoms with van der Waals surface area (Å²) >= 11 is 0. The number of hydrogen-bond acceptors (Lipinski definition) is 18. The normalized spacial score (nSPS) is 14.9. The van der Waals surface area contributed by atoms with Crippen molar-refractivity contribution in [3.8, 4) is 57.1 Å². The molecule has 2 amide bonds. The molecule has 459 valence electrons. The fourth-order valence-electron chi connectivity index (χ4n) is 10.7. The molecule has 0 unspecified atom stereocenters. The number of nitriles is 1. The smallest absolute Gasteiger partial charge is 1.00 e. The number of aldehydes is 2. The quantitative estimate of drug-likeness (QED) is 0.0373. The van der Waals surface area contributed by atoms with Crippen molar-refractivity contribution in [2.24, 2.45) is 11.5 Å². The zero-order valence-electron chi connectivity index (χ0n) is 52.0. The van der Waals surface area contributed by atoms with E-state index in [9.17, 15) is 24.3 Å². The largest absolute Gasteiger partial charge is 1.00 e. The van der Waals surface area contributed by atoms with Crippen LogP contribution in [0.3, 0.4) is 0 Å². The van der Waals surface area contributed by atoms with Crippen LogP contribution >= 0.6 is 0 Å². The number of carbonyl (C=O) groups is 4. The van der Waals surface area contributed by atoms with Crippen LogP contribution in [0.4, 0.5) is 17.1 Å². The standard InChI is InChI=1S/C23H23N3O3.C23H21N3O3.C23H19N3O2.B.2Na.H2O2.H2O.H/c2*24-23(28)18-7-9-22(25-13-18)29-20-10-11-26(14-20)21-8-6-17(12-19(21)15-27)16-4-2-1-3-5-16;24-13-17-6-9-23(25-14-17)28-21-10-11-26(15-21)22-8-7-19(12-20(22)16-27)18-4-2-1-3-5-18;;;;1-2;;/h1-9,12-13,20,27H,10-11,14-15H2,(H2,24,28);1-9,12-13,15,20H,10-11,14H2,(H2,24,28);1-9,12,14,16,21H,10-11,15H2;;;;1-2H;1H2;/q;;;;2*+1;;;-1/p-1/t2*20-;21-;;;;;;/m000....../s1. The molecule has 0 bridgehead atoms. The van der Waals surface area contributed by atoms with Crippen LogP contribution in [0.25, 0.3) is 33.4 Å².